The molecule has 0 bridgehead atoms. The summed E-state index contributed by atoms with van der Waals surface area (Å²) in [6.45, 7) is 1.13. The molecule has 0 atom stereocenters. The molecular formula is C26H26N6O3. The molecule has 1 fully saturated rings. The molecule has 0 spiro atoms. The van der Waals surface area contributed by atoms with Gasteiger partial charge in [0.2, 0.25) is 0 Å². The molecule has 9 nitrogen and oxygen atoms in total. The highest BCUT2D eigenvalue weighted by Crippen LogP contribution is 2.30. The lowest BCUT2D eigenvalue weighted by Gasteiger charge is -2.14. The first-order valence-electron chi connectivity index (χ1n) is 11.5. The number of aryl methyl sites for hydroxylation is 1. The van der Waals surface area contributed by atoms with E-state index in [9.17, 15) is 9.59 Å². The third-order valence-corrected chi connectivity index (χ3v) is 6.10. The van der Waals surface area contributed by atoms with Crippen molar-refractivity contribution >= 4 is 22.6 Å². The Kier molecular flexibility index (Phi) is 6.13. The predicted octanol–water partition coefficient (Wildman–Crippen LogP) is 3.15. The Bertz CT molecular complexity index is 1450. The highest BCUT2D eigenvalue weighted by Gasteiger charge is 2.23. The van der Waals surface area contributed by atoms with E-state index < -0.39 is 0 Å². The number of hydrogen-bond acceptors (Lipinski definition) is 7. The van der Waals surface area contributed by atoms with Crippen LogP contribution in [-0.4, -0.2) is 39.1 Å². The maximum absolute atomic E-state index is 12.9. The number of nitrogens with one attached hydrogen (secondary N) is 2. The summed E-state index contributed by atoms with van der Waals surface area (Å²) in [6.07, 6.45) is 7.23. The Labute approximate surface area is 202 Å². The van der Waals surface area contributed by atoms with Gasteiger partial charge in [-0.15, -0.1) is 0 Å². The highest BCUT2D eigenvalue weighted by atomic mass is 16.5. The third kappa shape index (κ3) is 4.84. The van der Waals surface area contributed by atoms with Gasteiger partial charge in [-0.05, 0) is 60.7 Å². The van der Waals surface area contributed by atoms with Gasteiger partial charge in [0.15, 0.2) is 0 Å². The number of carbonyl (C=O) groups is 1. The van der Waals surface area contributed by atoms with Crippen molar-refractivity contribution in [2.45, 2.75) is 19.4 Å². The van der Waals surface area contributed by atoms with Gasteiger partial charge >= 0.3 is 0 Å². The summed E-state index contributed by atoms with van der Waals surface area (Å²) in [6, 6.07) is 10.9. The summed E-state index contributed by atoms with van der Waals surface area (Å²) in [4.78, 5) is 39.1. The van der Waals surface area contributed by atoms with Crippen molar-refractivity contribution in [3.05, 3.63) is 76.6 Å². The Morgan fingerprint density at radius 2 is 1.97 bits per heavy atom. The van der Waals surface area contributed by atoms with Crippen molar-refractivity contribution in [3.8, 4) is 17.0 Å². The Balaban J connectivity index is 1.55. The smallest absolute Gasteiger partial charge is 0.264 e. The van der Waals surface area contributed by atoms with Gasteiger partial charge in [-0.2, -0.15) is 0 Å². The number of anilines is 1. The zero-order chi connectivity index (χ0) is 24.4. The maximum atomic E-state index is 12.9. The van der Waals surface area contributed by atoms with Crippen LogP contribution in [0.3, 0.4) is 0 Å². The quantitative estimate of drug-likeness (QED) is 0.407. The third-order valence-electron chi connectivity index (χ3n) is 6.10. The number of carbonyl (C=O) groups excluding carboxylic acids is 1. The average Bonchev–Trinajstić information content (AvgIpc) is 3.72. The summed E-state index contributed by atoms with van der Waals surface area (Å²) in [7, 11) is 3.20. The topological polar surface area (TPSA) is 111 Å². The van der Waals surface area contributed by atoms with Crippen molar-refractivity contribution in [1.29, 1.82) is 0 Å². The van der Waals surface area contributed by atoms with Crippen LogP contribution in [0.4, 0.5) is 5.82 Å². The van der Waals surface area contributed by atoms with Gasteiger partial charge in [0.1, 0.15) is 17.0 Å². The molecule has 5 rings (SSSR count). The number of aromatic nitrogens is 4. The van der Waals surface area contributed by atoms with Crippen LogP contribution < -0.4 is 20.9 Å². The second-order valence-electron chi connectivity index (χ2n) is 8.69. The molecular weight excluding hydrogens is 444 g/mol. The molecule has 0 aliphatic heterocycles. The number of rotatable bonds is 8. The van der Waals surface area contributed by atoms with Crippen LogP contribution in [0.15, 0.2) is 59.9 Å². The van der Waals surface area contributed by atoms with Crippen molar-refractivity contribution in [2.75, 3.05) is 19.0 Å². The summed E-state index contributed by atoms with van der Waals surface area (Å²) in [5.41, 5.74) is 3.08. The van der Waals surface area contributed by atoms with Crippen molar-refractivity contribution < 1.29 is 9.53 Å². The summed E-state index contributed by atoms with van der Waals surface area (Å²) < 4.78 is 6.86. The molecule has 1 aromatic carbocycles. The van der Waals surface area contributed by atoms with Gasteiger partial charge in [0, 0.05) is 38.1 Å². The van der Waals surface area contributed by atoms with Crippen LogP contribution in [0.1, 0.15) is 28.8 Å². The van der Waals surface area contributed by atoms with Crippen LogP contribution in [0, 0.1) is 5.92 Å². The summed E-state index contributed by atoms with van der Waals surface area (Å²) >= 11 is 0. The van der Waals surface area contributed by atoms with Gasteiger partial charge in [0.05, 0.1) is 30.2 Å². The van der Waals surface area contributed by atoms with Crippen LogP contribution in [-0.2, 0) is 13.6 Å². The molecule has 9 heteroatoms. The van der Waals surface area contributed by atoms with E-state index in [1.54, 1.807) is 44.8 Å². The number of methoxy groups -OCH3 is 1. The zero-order valence-electron chi connectivity index (χ0n) is 19.6. The second-order valence-corrected chi connectivity index (χ2v) is 8.69. The van der Waals surface area contributed by atoms with Gasteiger partial charge < -0.3 is 19.9 Å². The van der Waals surface area contributed by atoms with E-state index in [2.05, 4.69) is 20.6 Å². The van der Waals surface area contributed by atoms with Crippen molar-refractivity contribution in [2.24, 2.45) is 13.0 Å². The largest absolute Gasteiger partial charge is 0.496 e. The minimum absolute atomic E-state index is 0.181. The Hall–Kier alpha value is -4.27. The number of ether oxygens (including phenoxy) is 1. The first kappa shape index (κ1) is 22.5. The van der Waals surface area contributed by atoms with Crippen LogP contribution in [0.5, 0.6) is 5.75 Å². The first-order valence-corrected chi connectivity index (χ1v) is 11.5. The van der Waals surface area contributed by atoms with Crippen LogP contribution >= 0.6 is 0 Å². The average molecular weight is 471 g/mol. The molecule has 0 radical (unpaired) electrons. The van der Waals surface area contributed by atoms with E-state index in [1.807, 2.05) is 18.2 Å². The molecule has 178 valence electrons. The lowest BCUT2D eigenvalue weighted by atomic mass is 10.0. The minimum atomic E-state index is -0.193. The standard InChI is InChI=1S/C26H26N6O3/c1-32-15-30-21-12-20(31-24(23(21)26(32)34)28-13-17-7-9-27-10-8-17)18-5-6-22(35-2)19(11-18)25(33)29-14-16-3-4-16/h5-12,15-16H,3-4,13-14H2,1-2H3,(H,28,31)(H,29,33). The normalized spacial score (nSPS) is 13.0. The SMILES string of the molecule is COc1ccc(-c2cc3ncn(C)c(=O)c3c(NCc3ccncc3)n2)cc1C(=O)NCC1CC1. The van der Waals surface area contributed by atoms with E-state index in [1.165, 1.54) is 10.9 Å². The fourth-order valence-electron chi connectivity index (χ4n) is 3.88. The molecule has 3 aromatic heterocycles. The van der Waals surface area contributed by atoms with Crippen LogP contribution in [0.25, 0.3) is 22.2 Å². The fourth-order valence-corrected chi connectivity index (χ4v) is 3.88. The fraction of sp³-hybridized carbons (Fsp3) is 0.269. The number of pyridine rings is 2. The Morgan fingerprint density at radius 3 is 2.71 bits per heavy atom. The molecule has 1 saturated carbocycles. The van der Waals surface area contributed by atoms with Crippen molar-refractivity contribution in [1.82, 2.24) is 24.8 Å². The summed E-state index contributed by atoms with van der Waals surface area (Å²) in [5.74, 6) is 1.31. The lowest BCUT2D eigenvalue weighted by molar-refractivity contribution is 0.0949. The van der Waals surface area contributed by atoms with E-state index in [-0.39, 0.29) is 11.5 Å². The van der Waals surface area contributed by atoms with E-state index >= 15 is 0 Å². The van der Waals surface area contributed by atoms with Gasteiger partial charge in [0.25, 0.3) is 11.5 Å². The Morgan fingerprint density at radius 1 is 1.17 bits per heavy atom. The molecule has 35 heavy (non-hydrogen) atoms. The van der Waals surface area contributed by atoms with Gasteiger partial charge in [-0.25, -0.2) is 9.97 Å². The zero-order valence-corrected chi connectivity index (χ0v) is 19.6. The molecule has 4 aromatic rings. The number of amides is 1. The molecule has 1 aliphatic rings. The number of benzene rings is 1. The second kappa shape index (κ2) is 9.54. The minimum Gasteiger partial charge on any atom is -0.496 e. The highest BCUT2D eigenvalue weighted by molar-refractivity contribution is 5.98. The maximum Gasteiger partial charge on any atom is 0.264 e. The van der Waals surface area contributed by atoms with Gasteiger partial charge in [-0.3, -0.25) is 14.6 Å². The monoisotopic (exact) mass is 470 g/mol. The summed E-state index contributed by atoms with van der Waals surface area (Å²) in [5, 5.41) is 6.69. The molecule has 0 unspecified atom stereocenters. The van der Waals surface area contributed by atoms with E-state index in [4.69, 9.17) is 9.72 Å². The molecule has 3 heterocycles. The van der Waals surface area contributed by atoms with E-state index in [0.29, 0.717) is 52.7 Å². The molecule has 2 N–H and O–H groups in total. The van der Waals surface area contributed by atoms with E-state index in [0.717, 1.165) is 24.0 Å². The molecule has 1 aliphatic carbocycles. The predicted molar refractivity (Wildman–Crippen MR) is 133 cm³/mol. The lowest BCUT2D eigenvalue weighted by Crippen LogP contribution is -2.26. The number of hydrogen-bond donors (Lipinski definition) is 2. The number of nitrogens with zero attached hydrogens (tertiary/aromatic N) is 4. The van der Waals surface area contributed by atoms with Crippen molar-refractivity contribution in [3.63, 3.8) is 0 Å². The molecule has 0 saturated heterocycles. The molecule has 1 amide bonds. The van der Waals surface area contributed by atoms with Crippen LogP contribution in [0.2, 0.25) is 0 Å². The first-order chi connectivity index (χ1) is 17.0. The van der Waals surface area contributed by atoms with Gasteiger partial charge in [-0.1, -0.05) is 0 Å². The number of fused-ring (bicyclic) bond motifs is 1.